The fraction of sp³-hybridized carbons (Fsp3) is 0.615. The number of anilines is 1. The zero-order valence-electron chi connectivity index (χ0n) is 10.5. The highest BCUT2D eigenvalue weighted by atomic mass is 15.0. The van der Waals surface area contributed by atoms with Crippen molar-refractivity contribution in [3.8, 4) is 6.07 Å². The molecule has 0 unspecified atom stereocenters. The van der Waals surface area contributed by atoms with Crippen molar-refractivity contribution < 1.29 is 0 Å². The molecule has 0 radical (unpaired) electrons. The molecule has 18 heavy (non-hydrogen) atoms. The number of hydrogen-bond acceptors (Lipinski definition) is 5. The Bertz CT molecular complexity index is 418. The molecule has 1 fully saturated rings. The van der Waals surface area contributed by atoms with Gasteiger partial charge >= 0.3 is 0 Å². The van der Waals surface area contributed by atoms with Gasteiger partial charge in [0.05, 0.1) is 0 Å². The van der Waals surface area contributed by atoms with E-state index in [1.807, 2.05) is 6.07 Å². The first kappa shape index (κ1) is 12.8. The van der Waals surface area contributed by atoms with E-state index in [2.05, 4.69) is 15.3 Å². The molecule has 5 nitrogen and oxygen atoms in total. The average molecular weight is 245 g/mol. The van der Waals surface area contributed by atoms with Gasteiger partial charge in [0.2, 0.25) is 0 Å². The van der Waals surface area contributed by atoms with Crippen molar-refractivity contribution in [1.29, 1.82) is 5.26 Å². The summed E-state index contributed by atoms with van der Waals surface area (Å²) in [6.07, 6.45) is 7.99. The minimum absolute atomic E-state index is 0.369. The first-order valence-corrected chi connectivity index (χ1v) is 6.48. The monoisotopic (exact) mass is 245 g/mol. The summed E-state index contributed by atoms with van der Waals surface area (Å²) in [5.74, 6) is 1.95. The van der Waals surface area contributed by atoms with Crippen molar-refractivity contribution >= 4 is 5.82 Å². The predicted octanol–water partition coefficient (Wildman–Crippen LogP) is 1.53. The van der Waals surface area contributed by atoms with E-state index >= 15 is 0 Å². The standard InChI is InChI=1S/C13H19N5/c14-7-10-1-3-11(4-2-10)9-18-13-12(8-15)16-5-6-17-13/h5-6,10-11H,1-4,7,9,14H2,(H,17,18). The van der Waals surface area contributed by atoms with Gasteiger partial charge in [-0.05, 0) is 44.1 Å². The van der Waals surface area contributed by atoms with Crippen molar-refractivity contribution in [3.63, 3.8) is 0 Å². The molecule has 1 saturated carbocycles. The molecule has 0 spiro atoms. The van der Waals surface area contributed by atoms with Gasteiger partial charge in [-0.2, -0.15) is 5.26 Å². The summed E-state index contributed by atoms with van der Waals surface area (Å²) in [4.78, 5) is 8.13. The zero-order chi connectivity index (χ0) is 12.8. The Hall–Kier alpha value is -1.67. The largest absolute Gasteiger partial charge is 0.367 e. The third-order valence-corrected chi connectivity index (χ3v) is 3.66. The summed E-state index contributed by atoms with van der Waals surface area (Å²) in [5.41, 5.74) is 6.05. The number of hydrogen-bond donors (Lipinski definition) is 2. The Morgan fingerprint density at radius 1 is 1.22 bits per heavy atom. The van der Waals surface area contributed by atoms with Gasteiger partial charge in [0.15, 0.2) is 11.5 Å². The van der Waals surface area contributed by atoms with Gasteiger partial charge in [-0.25, -0.2) is 9.97 Å². The SMILES string of the molecule is N#Cc1nccnc1NCC1CCC(CN)CC1. The molecule has 0 amide bonds. The van der Waals surface area contributed by atoms with Crippen LogP contribution in [-0.4, -0.2) is 23.1 Å². The van der Waals surface area contributed by atoms with E-state index in [0.29, 0.717) is 23.3 Å². The average Bonchev–Trinajstić information content (AvgIpc) is 2.46. The van der Waals surface area contributed by atoms with Crippen LogP contribution in [0.4, 0.5) is 5.82 Å². The highest BCUT2D eigenvalue weighted by Crippen LogP contribution is 2.28. The summed E-state index contributed by atoms with van der Waals surface area (Å²) in [6.45, 7) is 1.67. The van der Waals surface area contributed by atoms with E-state index in [0.717, 1.165) is 13.1 Å². The lowest BCUT2D eigenvalue weighted by Gasteiger charge is -2.27. The third-order valence-electron chi connectivity index (χ3n) is 3.66. The Morgan fingerprint density at radius 2 is 1.89 bits per heavy atom. The third kappa shape index (κ3) is 3.17. The van der Waals surface area contributed by atoms with Crippen LogP contribution in [0, 0.1) is 23.2 Å². The Labute approximate surface area is 107 Å². The normalized spacial score (nSPS) is 23.3. The smallest absolute Gasteiger partial charge is 0.182 e. The molecule has 3 N–H and O–H groups in total. The Balaban J connectivity index is 1.84. The molecule has 0 atom stereocenters. The van der Waals surface area contributed by atoms with E-state index in [9.17, 15) is 0 Å². The fourth-order valence-corrected chi connectivity index (χ4v) is 2.46. The Kier molecular flexibility index (Phi) is 4.48. The maximum absolute atomic E-state index is 8.92. The van der Waals surface area contributed by atoms with Crippen LogP contribution in [0.25, 0.3) is 0 Å². The van der Waals surface area contributed by atoms with Crippen molar-refractivity contribution in [2.45, 2.75) is 25.7 Å². The van der Waals surface area contributed by atoms with Crippen LogP contribution in [0.1, 0.15) is 31.4 Å². The molecule has 1 heterocycles. The summed E-state index contributed by atoms with van der Waals surface area (Å²) in [6, 6.07) is 2.05. The molecule has 0 bridgehead atoms. The number of nitrogens with two attached hydrogens (primary N) is 1. The predicted molar refractivity (Wildman–Crippen MR) is 69.7 cm³/mol. The number of rotatable bonds is 4. The number of nitriles is 1. The minimum Gasteiger partial charge on any atom is -0.367 e. The highest BCUT2D eigenvalue weighted by Gasteiger charge is 2.20. The molecule has 0 aromatic carbocycles. The van der Waals surface area contributed by atoms with Gasteiger partial charge in [0.1, 0.15) is 6.07 Å². The molecule has 2 rings (SSSR count). The molecule has 0 aliphatic heterocycles. The van der Waals surface area contributed by atoms with E-state index in [4.69, 9.17) is 11.0 Å². The summed E-state index contributed by atoms with van der Waals surface area (Å²) in [5, 5.41) is 12.2. The lowest BCUT2D eigenvalue weighted by Crippen LogP contribution is -2.25. The summed E-state index contributed by atoms with van der Waals surface area (Å²) >= 11 is 0. The first-order valence-electron chi connectivity index (χ1n) is 6.48. The second-order valence-electron chi connectivity index (χ2n) is 4.87. The van der Waals surface area contributed by atoms with Crippen LogP contribution in [0.2, 0.25) is 0 Å². The molecule has 1 aromatic rings. The van der Waals surface area contributed by atoms with E-state index in [-0.39, 0.29) is 0 Å². The maximum atomic E-state index is 8.92. The van der Waals surface area contributed by atoms with Crippen molar-refractivity contribution in [1.82, 2.24) is 9.97 Å². The van der Waals surface area contributed by atoms with E-state index < -0.39 is 0 Å². The van der Waals surface area contributed by atoms with Crippen LogP contribution in [0.5, 0.6) is 0 Å². The van der Waals surface area contributed by atoms with Crippen LogP contribution in [0.3, 0.4) is 0 Å². The molecule has 96 valence electrons. The molecular weight excluding hydrogens is 226 g/mol. The number of aromatic nitrogens is 2. The first-order chi connectivity index (χ1) is 8.83. The van der Waals surface area contributed by atoms with Crippen molar-refractivity contribution in [2.24, 2.45) is 17.6 Å². The van der Waals surface area contributed by atoms with E-state index in [1.165, 1.54) is 31.9 Å². The van der Waals surface area contributed by atoms with Gasteiger partial charge in [-0.3, -0.25) is 0 Å². The molecule has 0 saturated heterocycles. The van der Waals surface area contributed by atoms with Gasteiger partial charge in [-0.15, -0.1) is 0 Å². The van der Waals surface area contributed by atoms with E-state index in [1.54, 1.807) is 6.20 Å². The summed E-state index contributed by atoms with van der Waals surface area (Å²) < 4.78 is 0. The van der Waals surface area contributed by atoms with Crippen LogP contribution >= 0.6 is 0 Å². The lowest BCUT2D eigenvalue weighted by molar-refractivity contribution is 0.289. The van der Waals surface area contributed by atoms with Crippen LogP contribution < -0.4 is 11.1 Å². The van der Waals surface area contributed by atoms with Crippen molar-refractivity contribution in [3.05, 3.63) is 18.1 Å². The molecule has 5 heteroatoms. The number of nitrogens with one attached hydrogen (secondary N) is 1. The van der Waals surface area contributed by atoms with Gasteiger partial charge in [0.25, 0.3) is 0 Å². The highest BCUT2D eigenvalue weighted by molar-refractivity contribution is 5.46. The molecule has 1 aliphatic rings. The molecule has 1 aromatic heterocycles. The fourth-order valence-electron chi connectivity index (χ4n) is 2.46. The Morgan fingerprint density at radius 3 is 2.56 bits per heavy atom. The topological polar surface area (TPSA) is 87.6 Å². The van der Waals surface area contributed by atoms with Crippen molar-refractivity contribution in [2.75, 3.05) is 18.4 Å². The van der Waals surface area contributed by atoms with Crippen LogP contribution in [0.15, 0.2) is 12.4 Å². The maximum Gasteiger partial charge on any atom is 0.182 e. The lowest BCUT2D eigenvalue weighted by atomic mass is 9.82. The minimum atomic E-state index is 0.369. The molecule has 1 aliphatic carbocycles. The van der Waals surface area contributed by atoms with Gasteiger partial charge in [0, 0.05) is 18.9 Å². The van der Waals surface area contributed by atoms with Gasteiger partial charge < -0.3 is 11.1 Å². The summed E-state index contributed by atoms with van der Waals surface area (Å²) in [7, 11) is 0. The second kappa shape index (κ2) is 6.31. The quantitative estimate of drug-likeness (QED) is 0.839. The number of nitrogens with zero attached hydrogens (tertiary/aromatic N) is 3. The van der Waals surface area contributed by atoms with Gasteiger partial charge in [-0.1, -0.05) is 0 Å². The van der Waals surface area contributed by atoms with Crippen LogP contribution in [-0.2, 0) is 0 Å². The zero-order valence-corrected chi connectivity index (χ0v) is 10.5. The molecular formula is C13H19N5. The second-order valence-corrected chi connectivity index (χ2v) is 4.87.